The summed E-state index contributed by atoms with van der Waals surface area (Å²) in [5, 5.41) is 11.0. The molecule has 1 aromatic carbocycles. The van der Waals surface area contributed by atoms with E-state index in [-0.39, 0.29) is 17.4 Å². The number of carboxylic acid groups (broad SMARTS) is 1. The third kappa shape index (κ3) is 6.42. The molecule has 0 aromatic heterocycles. The highest BCUT2D eigenvalue weighted by atomic mass is 16.4. The highest BCUT2D eigenvalue weighted by Gasteiger charge is 2.09. The molecule has 0 saturated carbocycles. The largest absolute Gasteiger partial charge is 0.478 e. The molecule has 23 heavy (non-hydrogen) atoms. The second-order valence-corrected chi connectivity index (χ2v) is 4.84. The first-order valence-corrected chi connectivity index (χ1v) is 6.72. The van der Waals surface area contributed by atoms with Crippen molar-refractivity contribution in [3.8, 4) is 0 Å². The number of benzene rings is 1. The standard InChI is InChI=1S/C15H17N3O5/c1-9(2)14(22)16-11-5-3-10(4-6-11)15(23)18-17-12(19)7-8-13(20)21/h3-9H,1-2H3,(H,16,22)(H,17,19)(H,18,23)(H,20,21). The van der Waals surface area contributed by atoms with Gasteiger partial charge in [0.2, 0.25) is 5.91 Å². The lowest BCUT2D eigenvalue weighted by Crippen LogP contribution is -2.40. The predicted octanol–water partition coefficient (Wildman–Crippen LogP) is 0.683. The lowest BCUT2D eigenvalue weighted by molar-refractivity contribution is -0.131. The smallest absolute Gasteiger partial charge is 0.328 e. The van der Waals surface area contributed by atoms with Crippen LogP contribution in [0.2, 0.25) is 0 Å². The van der Waals surface area contributed by atoms with E-state index in [1.807, 2.05) is 5.43 Å². The summed E-state index contributed by atoms with van der Waals surface area (Å²) < 4.78 is 0. The Morgan fingerprint density at radius 1 is 1.00 bits per heavy atom. The van der Waals surface area contributed by atoms with Gasteiger partial charge >= 0.3 is 5.97 Å². The van der Waals surface area contributed by atoms with Crippen molar-refractivity contribution in [1.82, 2.24) is 10.9 Å². The zero-order valence-corrected chi connectivity index (χ0v) is 12.6. The maximum atomic E-state index is 11.8. The van der Waals surface area contributed by atoms with E-state index in [1.165, 1.54) is 12.1 Å². The van der Waals surface area contributed by atoms with Crippen LogP contribution in [-0.2, 0) is 14.4 Å². The Morgan fingerprint density at radius 2 is 1.61 bits per heavy atom. The molecule has 0 atom stereocenters. The summed E-state index contributed by atoms with van der Waals surface area (Å²) in [5.41, 5.74) is 4.98. The Kier molecular flexibility index (Phi) is 6.47. The Morgan fingerprint density at radius 3 is 2.13 bits per heavy atom. The number of hydrazine groups is 1. The van der Waals surface area contributed by atoms with E-state index in [4.69, 9.17) is 5.11 Å². The van der Waals surface area contributed by atoms with E-state index < -0.39 is 17.8 Å². The summed E-state index contributed by atoms with van der Waals surface area (Å²) in [4.78, 5) is 44.7. The molecule has 1 rings (SSSR count). The van der Waals surface area contributed by atoms with Crippen LogP contribution in [0.4, 0.5) is 5.69 Å². The van der Waals surface area contributed by atoms with E-state index >= 15 is 0 Å². The molecule has 3 amide bonds. The van der Waals surface area contributed by atoms with Crippen LogP contribution in [0.1, 0.15) is 24.2 Å². The van der Waals surface area contributed by atoms with Gasteiger partial charge in [-0.2, -0.15) is 0 Å². The first-order chi connectivity index (χ1) is 10.8. The first kappa shape index (κ1) is 17.9. The fourth-order valence-corrected chi connectivity index (χ4v) is 1.37. The fourth-order valence-electron chi connectivity index (χ4n) is 1.37. The Hall–Kier alpha value is -3.16. The van der Waals surface area contributed by atoms with Gasteiger partial charge in [0.1, 0.15) is 0 Å². The molecule has 0 aliphatic heterocycles. The molecule has 0 spiro atoms. The van der Waals surface area contributed by atoms with Crippen molar-refractivity contribution in [2.45, 2.75) is 13.8 Å². The lowest BCUT2D eigenvalue weighted by Gasteiger charge is -2.09. The van der Waals surface area contributed by atoms with E-state index in [0.29, 0.717) is 11.8 Å². The van der Waals surface area contributed by atoms with Crippen molar-refractivity contribution in [2.24, 2.45) is 5.92 Å². The van der Waals surface area contributed by atoms with Gasteiger partial charge in [0.15, 0.2) is 0 Å². The normalized spacial score (nSPS) is 10.4. The number of carboxylic acids is 1. The molecule has 1 aromatic rings. The van der Waals surface area contributed by atoms with Gasteiger partial charge in [-0.15, -0.1) is 0 Å². The highest BCUT2D eigenvalue weighted by Crippen LogP contribution is 2.10. The van der Waals surface area contributed by atoms with Crippen LogP contribution in [0.25, 0.3) is 0 Å². The van der Waals surface area contributed by atoms with Crippen LogP contribution in [0.15, 0.2) is 36.4 Å². The summed E-state index contributed by atoms with van der Waals surface area (Å²) in [6, 6.07) is 6.07. The molecule has 8 heteroatoms. The summed E-state index contributed by atoms with van der Waals surface area (Å²) >= 11 is 0. The lowest BCUT2D eigenvalue weighted by atomic mass is 10.1. The zero-order chi connectivity index (χ0) is 17.4. The van der Waals surface area contributed by atoms with Gasteiger partial charge in [-0.05, 0) is 24.3 Å². The van der Waals surface area contributed by atoms with Crippen molar-refractivity contribution >= 4 is 29.4 Å². The SMILES string of the molecule is CC(C)C(=O)Nc1ccc(C(=O)NNC(=O)C=CC(=O)O)cc1. The number of carbonyl (C=O) groups is 4. The Bertz CT molecular complexity index is 635. The quantitative estimate of drug-likeness (QED) is 0.469. The van der Waals surface area contributed by atoms with E-state index in [0.717, 1.165) is 6.08 Å². The van der Waals surface area contributed by atoms with Gasteiger partial charge in [-0.25, -0.2) is 4.79 Å². The van der Waals surface area contributed by atoms with Crippen LogP contribution in [0.5, 0.6) is 0 Å². The monoisotopic (exact) mass is 319 g/mol. The van der Waals surface area contributed by atoms with E-state index in [2.05, 4.69) is 10.7 Å². The van der Waals surface area contributed by atoms with Gasteiger partial charge < -0.3 is 10.4 Å². The molecule has 0 radical (unpaired) electrons. The number of nitrogens with one attached hydrogen (secondary N) is 3. The van der Waals surface area contributed by atoms with Gasteiger partial charge in [0.05, 0.1) is 0 Å². The molecule has 4 N–H and O–H groups in total. The topological polar surface area (TPSA) is 125 Å². The maximum absolute atomic E-state index is 11.8. The van der Waals surface area contributed by atoms with Crippen LogP contribution in [-0.4, -0.2) is 28.8 Å². The third-order valence-electron chi connectivity index (χ3n) is 2.62. The third-order valence-corrected chi connectivity index (χ3v) is 2.62. The van der Waals surface area contributed by atoms with Crippen LogP contribution in [0, 0.1) is 5.92 Å². The molecule has 0 fully saturated rings. The second kappa shape index (κ2) is 8.32. The number of hydrogen-bond donors (Lipinski definition) is 4. The van der Waals surface area contributed by atoms with Gasteiger partial charge in [-0.1, -0.05) is 13.8 Å². The second-order valence-electron chi connectivity index (χ2n) is 4.84. The van der Waals surface area contributed by atoms with Crippen molar-refractivity contribution in [3.05, 3.63) is 42.0 Å². The molecule has 122 valence electrons. The van der Waals surface area contributed by atoms with Crippen LogP contribution < -0.4 is 16.2 Å². The van der Waals surface area contributed by atoms with Crippen molar-refractivity contribution < 1.29 is 24.3 Å². The van der Waals surface area contributed by atoms with Gasteiger partial charge in [-0.3, -0.25) is 25.2 Å². The summed E-state index contributed by atoms with van der Waals surface area (Å²) in [5.74, 6) is -2.93. The molecule has 0 heterocycles. The van der Waals surface area contributed by atoms with E-state index in [9.17, 15) is 19.2 Å². The summed E-state index contributed by atoms with van der Waals surface area (Å²) in [6.45, 7) is 3.53. The summed E-state index contributed by atoms with van der Waals surface area (Å²) in [6.07, 6.45) is 1.42. The number of anilines is 1. The van der Waals surface area contributed by atoms with Crippen LogP contribution >= 0.6 is 0 Å². The minimum Gasteiger partial charge on any atom is -0.478 e. The summed E-state index contributed by atoms with van der Waals surface area (Å²) in [7, 11) is 0. The molecule has 0 saturated heterocycles. The predicted molar refractivity (Wildman–Crippen MR) is 82.3 cm³/mol. The van der Waals surface area contributed by atoms with Gasteiger partial charge in [0.25, 0.3) is 11.8 Å². The Balaban J connectivity index is 2.56. The minimum atomic E-state index is -1.27. The van der Waals surface area contributed by atoms with Gasteiger partial charge in [0, 0.05) is 29.3 Å². The van der Waals surface area contributed by atoms with Crippen molar-refractivity contribution in [3.63, 3.8) is 0 Å². The molecule has 0 unspecified atom stereocenters. The molecular formula is C15H17N3O5. The molecule has 0 bridgehead atoms. The minimum absolute atomic E-state index is 0.139. The average Bonchev–Trinajstić information content (AvgIpc) is 2.51. The molecule has 8 nitrogen and oxygen atoms in total. The number of carbonyl (C=O) groups excluding carboxylic acids is 3. The first-order valence-electron chi connectivity index (χ1n) is 6.72. The van der Waals surface area contributed by atoms with Crippen molar-refractivity contribution in [2.75, 3.05) is 5.32 Å². The number of aliphatic carboxylic acids is 1. The average molecular weight is 319 g/mol. The number of amides is 3. The van der Waals surface area contributed by atoms with Crippen molar-refractivity contribution in [1.29, 1.82) is 0 Å². The maximum Gasteiger partial charge on any atom is 0.328 e. The molecular weight excluding hydrogens is 302 g/mol. The molecule has 0 aliphatic rings. The number of rotatable bonds is 5. The highest BCUT2D eigenvalue weighted by molar-refractivity contribution is 5.99. The van der Waals surface area contributed by atoms with Crippen LogP contribution in [0.3, 0.4) is 0 Å². The molecule has 0 aliphatic carbocycles. The zero-order valence-electron chi connectivity index (χ0n) is 12.6. The number of hydrogen-bond acceptors (Lipinski definition) is 4. The Labute approximate surface area is 132 Å². The fraction of sp³-hybridized carbons (Fsp3) is 0.200. The van der Waals surface area contributed by atoms with E-state index in [1.54, 1.807) is 26.0 Å².